The number of carbonyl (C=O) groups excluding carboxylic acids is 2. The minimum Gasteiger partial charge on any atom is -0.491 e. The average molecular weight is 453 g/mol. The number of anilines is 2. The van der Waals surface area contributed by atoms with Crippen LogP contribution in [0.3, 0.4) is 0 Å². The van der Waals surface area contributed by atoms with Crippen LogP contribution >= 0.6 is 11.6 Å². The molecule has 2 amide bonds. The summed E-state index contributed by atoms with van der Waals surface area (Å²) < 4.78 is 60.2. The summed E-state index contributed by atoms with van der Waals surface area (Å²) in [4.78, 5) is 24.6. The quantitative estimate of drug-likeness (QED) is 0.402. The van der Waals surface area contributed by atoms with Gasteiger partial charge in [0.1, 0.15) is 5.56 Å². The van der Waals surface area contributed by atoms with Gasteiger partial charge in [-0.05, 0) is 36.4 Å². The fourth-order valence-corrected chi connectivity index (χ4v) is 2.88. The summed E-state index contributed by atoms with van der Waals surface area (Å²) in [7, 11) is 0.823. The van der Waals surface area contributed by atoms with Crippen molar-refractivity contribution in [1.82, 2.24) is 0 Å². The van der Waals surface area contributed by atoms with Gasteiger partial charge < -0.3 is 15.4 Å². The van der Waals surface area contributed by atoms with Crippen molar-refractivity contribution < 1.29 is 31.9 Å². The van der Waals surface area contributed by atoms with Gasteiger partial charge in [0.15, 0.2) is 17.4 Å². The Morgan fingerprint density at radius 2 is 1.35 bits per heavy atom. The molecule has 0 saturated carbocycles. The number of amides is 2. The zero-order chi connectivity index (χ0) is 22.7. The molecular formula is C21H13ClF4N2O3. The molecule has 0 saturated heterocycles. The van der Waals surface area contributed by atoms with Crippen molar-refractivity contribution in [2.24, 2.45) is 0 Å². The van der Waals surface area contributed by atoms with Gasteiger partial charge in [-0.15, -0.1) is 0 Å². The standard InChI is InChI=1S/C21H13ClF4N2O3/c1-31-19-17(25)15(23)14(16(24)18(19)26)21(30)28-13-7-3-6-12(9-13)27-20(29)10-4-2-5-11(22)8-10/h2-9H,1H3,(H,27,29)(H,28,30). The summed E-state index contributed by atoms with van der Waals surface area (Å²) in [5.41, 5.74) is -0.945. The highest BCUT2D eigenvalue weighted by atomic mass is 35.5. The number of methoxy groups -OCH3 is 1. The molecule has 3 aromatic rings. The fraction of sp³-hybridized carbons (Fsp3) is 0.0476. The molecular weight excluding hydrogens is 440 g/mol. The number of carbonyl (C=O) groups is 2. The molecule has 5 nitrogen and oxygen atoms in total. The summed E-state index contributed by atoms with van der Waals surface area (Å²) >= 11 is 5.85. The van der Waals surface area contributed by atoms with E-state index in [4.69, 9.17) is 11.6 Å². The molecule has 0 heterocycles. The van der Waals surface area contributed by atoms with Crippen molar-refractivity contribution in [3.63, 3.8) is 0 Å². The van der Waals surface area contributed by atoms with Gasteiger partial charge in [-0.25, -0.2) is 8.78 Å². The van der Waals surface area contributed by atoms with Crippen LogP contribution in [0.2, 0.25) is 5.02 Å². The zero-order valence-corrected chi connectivity index (χ0v) is 16.5. The number of ether oxygens (including phenoxy) is 1. The number of hydrogen-bond acceptors (Lipinski definition) is 3. The minimum atomic E-state index is -1.90. The summed E-state index contributed by atoms with van der Waals surface area (Å²) in [5, 5.41) is 5.05. The molecule has 31 heavy (non-hydrogen) atoms. The van der Waals surface area contributed by atoms with Crippen molar-refractivity contribution in [1.29, 1.82) is 0 Å². The maximum absolute atomic E-state index is 14.1. The van der Waals surface area contributed by atoms with E-state index < -0.39 is 46.4 Å². The van der Waals surface area contributed by atoms with Crippen LogP contribution in [0.4, 0.5) is 28.9 Å². The van der Waals surface area contributed by atoms with Crippen molar-refractivity contribution in [3.8, 4) is 5.75 Å². The van der Waals surface area contributed by atoms with E-state index in [0.29, 0.717) is 5.02 Å². The van der Waals surface area contributed by atoms with E-state index in [1.165, 1.54) is 36.4 Å². The maximum atomic E-state index is 14.1. The summed E-state index contributed by atoms with van der Waals surface area (Å²) in [6, 6.07) is 11.7. The van der Waals surface area contributed by atoms with Gasteiger partial charge in [-0.3, -0.25) is 9.59 Å². The van der Waals surface area contributed by atoms with E-state index in [-0.39, 0.29) is 16.9 Å². The normalized spacial score (nSPS) is 10.5. The number of rotatable bonds is 5. The minimum absolute atomic E-state index is 0.00401. The molecule has 0 aliphatic carbocycles. The molecule has 160 valence electrons. The van der Waals surface area contributed by atoms with Crippen LogP contribution in [-0.2, 0) is 0 Å². The summed E-state index contributed by atoms with van der Waals surface area (Å²) in [6.07, 6.45) is 0. The maximum Gasteiger partial charge on any atom is 0.261 e. The van der Waals surface area contributed by atoms with Crippen molar-refractivity contribution in [3.05, 3.63) is 87.9 Å². The molecule has 0 aromatic heterocycles. The van der Waals surface area contributed by atoms with Crippen LogP contribution in [0.15, 0.2) is 48.5 Å². The van der Waals surface area contributed by atoms with Crippen LogP contribution in [0.25, 0.3) is 0 Å². The van der Waals surface area contributed by atoms with Gasteiger partial charge in [-0.2, -0.15) is 8.78 Å². The Hall–Kier alpha value is -3.59. The molecule has 0 atom stereocenters. The first kappa shape index (κ1) is 22.1. The Balaban J connectivity index is 1.83. The molecule has 0 aliphatic rings. The van der Waals surface area contributed by atoms with Gasteiger partial charge in [0, 0.05) is 22.0 Å². The second-order valence-electron chi connectivity index (χ2n) is 6.16. The summed E-state index contributed by atoms with van der Waals surface area (Å²) in [5.74, 6) is -10.7. The lowest BCUT2D eigenvalue weighted by molar-refractivity contribution is 0.101. The molecule has 0 unspecified atom stereocenters. The SMILES string of the molecule is COc1c(F)c(F)c(C(=O)Nc2cccc(NC(=O)c3cccc(Cl)c3)c2)c(F)c1F. The van der Waals surface area contributed by atoms with E-state index in [2.05, 4.69) is 15.4 Å². The molecule has 0 spiro atoms. The van der Waals surface area contributed by atoms with E-state index >= 15 is 0 Å². The Labute approximate surface area is 178 Å². The van der Waals surface area contributed by atoms with Crippen molar-refractivity contribution in [2.75, 3.05) is 17.7 Å². The third kappa shape index (κ3) is 4.61. The molecule has 3 rings (SSSR count). The van der Waals surface area contributed by atoms with E-state index in [1.807, 2.05) is 0 Å². The van der Waals surface area contributed by atoms with Gasteiger partial charge in [0.05, 0.1) is 7.11 Å². The third-order valence-corrected chi connectivity index (χ3v) is 4.35. The lowest BCUT2D eigenvalue weighted by Crippen LogP contribution is -2.19. The van der Waals surface area contributed by atoms with E-state index in [1.54, 1.807) is 12.1 Å². The number of benzene rings is 3. The molecule has 0 aliphatic heterocycles. The second kappa shape index (κ2) is 9.05. The van der Waals surface area contributed by atoms with Crippen LogP contribution < -0.4 is 15.4 Å². The average Bonchev–Trinajstić information content (AvgIpc) is 2.73. The highest BCUT2D eigenvalue weighted by Crippen LogP contribution is 2.30. The number of nitrogens with one attached hydrogen (secondary N) is 2. The highest BCUT2D eigenvalue weighted by molar-refractivity contribution is 6.31. The second-order valence-corrected chi connectivity index (χ2v) is 6.60. The lowest BCUT2D eigenvalue weighted by atomic mass is 10.1. The molecule has 0 bridgehead atoms. The van der Waals surface area contributed by atoms with Crippen molar-refractivity contribution >= 4 is 34.8 Å². The van der Waals surface area contributed by atoms with Crippen LogP contribution in [0.5, 0.6) is 5.75 Å². The highest BCUT2D eigenvalue weighted by Gasteiger charge is 2.30. The Morgan fingerprint density at radius 1 is 0.806 bits per heavy atom. The van der Waals surface area contributed by atoms with Crippen molar-refractivity contribution in [2.45, 2.75) is 0 Å². The smallest absolute Gasteiger partial charge is 0.261 e. The monoisotopic (exact) mass is 452 g/mol. The first-order chi connectivity index (χ1) is 14.7. The van der Waals surface area contributed by atoms with Gasteiger partial charge in [0.25, 0.3) is 11.8 Å². The third-order valence-electron chi connectivity index (χ3n) is 4.12. The Morgan fingerprint density at radius 3 is 1.90 bits per heavy atom. The first-order valence-electron chi connectivity index (χ1n) is 8.61. The van der Waals surface area contributed by atoms with Crippen LogP contribution in [-0.4, -0.2) is 18.9 Å². The predicted octanol–water partition coefficient (Wildman–Crippen LogP) is 5.41. The molecule has 10 heteroatoms. The topological polar surface area (TPSA) is 67.4 Å². The van der Waals surface area contributed by atoms with Gasteiger partial charge >= 0.3 is 0 Å². The largest absolute Gasteiger partial charge is 0.491 e. The molecule has 3 aromatic carbocycles. The number of halogens is 5. The molecule has 2 N–H and O–H groups in total. The fourth-order valence-electron chi connectivity index (χ4n) is 2.69. The lowest BCUT2D eigenvalue weighted by Gasteiger charge is -2.12. The van der Waals surface area contributed by atoms with Crippen LogP contribution in [0, 0.1) is 23.3 Å². The van der Waals surface area contributed by atoms with Gasteiger partial charge in [-0.1, -0.05) is 23.7 Å². The molecule has 0 radical (unpaired) electrons. The molecule has 0 fully saturated rings. The van der Waals surface area contributed by atoms with Crippen LogP contribution in [0.1, 0.15) is 20.7 Å². The Bertz CT molecular complexity index is 1160. The number of hydrogen-bond donors (Lipinski definition) is 2. The van der Waals surface area contributed by atoms with Gasteiger partial charge in [0.2, 0.25) is 11.6 Å². The summed E-state index contributed by atoms with van der Waals surface area (Å²) in [6.45, 7) is 0. The first-order valence-corrected chi connectivity index (χ1v) is 8.99. The zero-order valence-electron chi connectivity index (χ0n) is 15.7. The Kier molecular flexibility index (Phi) is 6.45. The predicted molar refractivity (Wildman–Crippen MR) is 107 cm³/mol. The van der Waals surface area contributed by atoms with E-state index in [0.717, 1.165) is 7.11 Å². The van der Waals surface area contributed by atoms with E-state index in [9.17, 15) is 27.2 Å².